The third-order valence-electron chi connectivity index (χ3n) is 2.70. The summed E-state index contributed by atoms with van der Waals surface area (Å²) in [6.45, 7) is 4.88. The van der Waals surface area contributed by atoms with Crippen LogP contribution in [0.2, 0.25) is 0 Å². The van der Waals surface area contributed by atoms with Crippen LogP contribution < -0.4 is 10.6 Å². The van der Waals surface area contributed by atoms with Gasteiger partial charge in [-0.25, -0.2) is 13.2 Å². The molecule has 0 aliphatic heterocycles. The van der Waals surface area contributed by atoms with E-state index in [1.165, 1.54) is 11.3 Å². The fraction of sp³-hybridized carbons (Fsp3) is 0.357. The highest BCUT2D eigenvalue weighted by Gasteiger charge is 2.16. The second-order valence-electron chi connectivity index (χ2n) is 5.21. The lowest BCUT2D eigenvalue weighted by Crippen LogP contribution is -2.15. The maximum Gasteiger partial charge on any atom is 0.234 e. The largest absolute Gasteiger partial charge is 0.360 e. The highest BCUT2D eigenvalue weighted by molar-refractivity contribution is 8.01. The van der Waals surface area contributed by atoms with Gasteiger partial charge < -0.3 is 10.6 Å². The lowest BCUT2D eigenvalue weighted by atomic mass is 10.2. The number of halogens is 3. The van der Waals surface area contributed by atoms with E-state index in [9.17, 15) is 18.0 Å². The van der Waals surface area contributed by atoms with Crippen molar-refractivity contribution in [2.45, 2.75) is 18.2 Å². The average molecular weight is 376 g/mol. The summed E-state index contributed by atoms with van der Waals surface area (Å²) < 4.78 is 40.0. The van der Waals surface area contributed by atoms with Crippen molar-refractivity contribution in [3.63, 3.8) is 0 Å². The molecule has 0 saturated carbocycles. The Kier molecular flexibility index (Phi) is 6.44. The average Bonchev–Trinajstić information content (AvgIpc) is 2.99. The number of thioether (sulfide) groups is 1. The van der Waals surface area contributed by atoms with Crippen LogP contribution >= 0.6 is 23.1 Å². The van der Waals surface area contributed by atoms with Gasteiger partial charge in [0.2, 0.25) is 11.0 Å². The van der Waals surface area contributed by atoms with Crippen LogP contribution in [0, 0.1) is 23.4 Å². The Morgan fingerprint density at radius 1 is 1.25 bits per heavy atom. The Morgan fingerprint density at radius 3 is 2.71 bits per heavy atom. The van der Waals surface area contributed by atoms with Gasteiger partial charge >= 0.3 is 0 Å². The molecule has 24 heavy (non-hydrogen) atoms. The predicted molar refractivity (Wildman–Crippen MR) is 88.9 cm³/mol. The second-order valence-corrected chi connectivity index (χ2v) is 7.41. The van der Waals surface area contributed by atoms with Gasteiger partial charge in [0.1, 0.15) is 0 Å². The SMILES string of the molecule is CC(C)CNc1nnc(SCC(=O)Nc2ccc(F)c(F)c2F)s1. The second kappa shape index (κ2) is 8.34. The van der Waals surface area contributed by atoms with Gasteiger partial charge in [0.25, 0.3) is 0 Å². The maximum atomic E-state index is 13.5. The first-order valence-corrected chi connectivity index (χ1v) is 8.80. The Balaban J connectivity index is 1.86. The standard InChI is InChI=1S/C14H15F3N4OS2/c1-7(2)5-18-13-20-21-14(24-13)23-6-10(22)19-9-4-3-8(15)11(16)12(9)17/h3-4,7H,5-6H2,1-2H3,(H,18,20)(H,19,22). The number of nitrogens with one attached hydrogen (secondary N) is 2. The summed E-state index contributed by atoms with van der Waals surface area (Å²) in [4.78, 5) is 11.8. The summed E-state index contributed by atoms with van der Waals surface area (Å²) in [7, 11) is 0. The molecule has 0 unspecified atom stereocenters. The van der Waals surface area contributed by atoms with Crippen molar-refractivity contribution >= 4 is 39.8 Å². The zero-order valence-electron chi connectivity index (χ0n) is 12.9. The van der Waals surface area contributed by atoms with Crippen LogP contribution in [-0.2, 0) is 4.79 Å². The van der Waals surface area contributed by atoms with Crippen LogP contribution in [0.1, 0.15) is 13.8 Å². The molecule has 0 radical (unpaired) electrons. The number of hydrogen-bond donors (Lipinski definition) is 2. The maximum absolute atomic E-state index is 13.5. The Bertz CT molecular complexity index is 724. The van der Waals surface area contributed by atoms with Crippen molar-refractivity contribution in [1.29, 1.82) is 0 Å². The topological polar surface area (TPSA) is 66.9 Å². The summed E-state index contributed by atoms with van der Waals surface area (Å²) in [6.07, 6.45) is 0. The number of anilines is 2. The summed E-state index contributed by atoms with van der Waals surface area (Å²) in [6, 6.07) is 1.72. The molecule has 2 rings (SSSR count). The van der Waals surface area contributed by atoms with Gasteiger partial charge in [-0.2, -0.15) is 0 Å². The van der Waals surface area contributed by atoms with E-state index in [1.807, 2.05) is 0 Å². The van der Waals surface area contributed by atoms with Crippen molar-refractivity contribution < 1.29 is 18.0 Å². The van der Waals surface area contributed by atoms with E-state index in [1.54, 1.807) is 0 Å². The van der Waals surface area contributed by atoms with Crippen molar-refractivity contribution in [2.24, 2.45) is 5.92 Å². The molecule has 0 atom stereocenters. The van der Waals surface area contributed by atoms with Crippen molar-refractivity contribution in [1.82, 2.24) is 10.2 Å². The number of carbonyl (C=O) groups is 1. The molecule has 130 valence electrons. The lowest BCUT2D eigenvalue weighted by Gasteiger charge is -2.06. The number of nitrogens with zero attached hydrogens (tertiary/aromatic N) is 2. The molecule has 1 aromatic carbocycles. The summed E-state index contributed by atoms with van der Waals surface area (Å²) in [5.41, 5.74) is -0.406. The van der Waals surface area contributed by atoms with Gasteiger partial charge in [0, 0.05) is 6.54 Å². The van der Waals surface area contributed by atoms with Crippen LogP contribution in [-0.4, -0.2) is 28.4 Å². The van der Waals surface area contributed by atoms with Crippen molar-refractivity contribution in [2.75, 3.05) is 22.9 Å². The lowest BCUT2D eigenvalue weighted by molar-refractivity contribution is -0.113. The highest BCUT2D eigenvalue weighted by Crippen LogP contribution is 2.26. The van der Waals surface area contributed by atoms with E-state index in [0.717, 1.165) is 30.4 Å². The number of carbonyl (C=O) groups excluding carboxylic acids is 1. The molecule has 0 bridgehead atoms. The quantitative estimate of drug-likeness (QED) is 0.569. The van der Waals surface area contributed by atoms with E-state index in [0.29, 0.717) is 15.4 Å². The molecule has 2 N–H and O–H groups in total. The fourth-order valence-corrected chi connectivity index (χ4v) is 3.13. The van der Waals surface area contributed by atoms with E-state index >= 15 is 0 Å². The molecule has 0 aliphatic rings. The van der Waals surface area contributed by atoms with Crippen LogP contribution in [0.4, 0.5) is 24.0 Å². The first-order valence-electron chi connectivity index (χ1n) is 7.00. The van der Waals surface area contributed by atoms with Gasteiger partial charge in [0.15, 0.2) is 21.8 Å². The first-order chi connectivity index (χ1) is 11.4. The predicted octanol–water partition coefficient (Wildman–Crippen LogP) is 3.75. The molecule has 1 amide bonds. The minimum atomic E-state index is -1.62. The normalized spacial score (nSPS) is 10.9. The van der Waals surface area contributed by atoms with E-state index in [2.05, 4.69) is 34.7 Å². The van der Waals surface area contributed by atoms with Gasteiger partial charge in [0.05, 0.1) is 11.4 Å². The molecule has 0 spiro atoms. The zero-order chi connectivity index (χ0) is 17.7. The zero-order valence-corrected chi connectivity index (χ0v) is 14.5. The molecular weight excluding hydrogens is 361 g/mol. The highest BCUT2D eigenvalue weighted by atomic mass is 32.2. The minimum Gasteiger partial charge on any atom is -0.360 e. The molecule has 2 aromatic rings. The van der Waals surface area contributed by atoms with Crippen LogP contribution in [0.15, 0.2) is 16.5 Å². The van der Waals surface area contributed by atoms with E-state index in [-0.39, 0.29) is 5.75 Å². The minimum absolute atomic E-state index is 0.0583. The van der Waals surface area contributed by atoms with Gasteiger partial charge in [-0.05, 0) is 18.1 Å². The summed E-state index contributed by atoms with van der Waals surface area (Å²) in [5, 5.41) is 13.8. The van der Waals surface area contributed by atoms with E-state index < -0.39 is 29.0 Å². The third-order valence-corrected chi connectivity index (χ3v) is 4.72. The fourth-order valence-electron chi connectivity index (χ4n) is 1.57. The number of rotatable bonds is 7. The number of benzene rings is 1. The van der Waals surface area contributed by atoms with Gasteiger partial charge in [-0.1, -0.05) is 36.9 Å². The number of hydrogen-bond acceptors (Lipinski definition) is 6. The van der Waals surface area contributed by atoms with E-state index in [4.69, 9.17) is 0 Å². The first kappa shape index (κ1) is 18.5. The third kappa shape index (κ3) is 5.10. The Labute approximate surface area is 145 Å². The molecular formula is C14H15F3N4OS2. The molecule has 10 heteroatoms. The van der Waals surface area contributed by atoms with Gasteiger partial charge in [-0.15, -0.1) is 10.2 Å². The van der Waals surface area contributed by atoms with Crippen molar-refractivity contribution in [3.05, 3.63) is 29.6 Å². The molecule has 0 fully saturated rings. The summed E-state index contributed by atoms with van der Waals surface area (Å²) >= 11 is 2.42. The van der Waals surface area contributed by atoms with Gasteiger partial charge in [-0.3, -0.25) is 4.79 Å². The summed E-state index contributed by atoms with van der Waals surface area (Å²) in [5.74, 6) is -4.51. The van der Waals surface area contributed by atoms with Crippen molar-refractivity contribution in [3.8, 4) is 0 Å². The molecule has 5 nitrogen and oxygen atoms in total. The van der Waals surface area contributed by atoms with Crippen LogP contribution in [0.3, 0.4) is 0 Å². The molecule has 0 saturated heterocycles. The van der Waals surface area contributed by atoms with Crippen LogP contribution in [0.5, 0.6) is 0 Å². The molecule has 1 aromatic heterocycles. The number of aromatic nitrogens is 2. The molecule has 1 heterocycles. The Hall–Kier alpha value is -1.81. The monoisotopic (exact) mass is 376 g/mol. The smallest absolute Gasteiger partial charge is 0.234 e. The number of amides is 1. The Morgan fingerprint density at radius 2 is 2.00 bits per heavy atom. The molecule has 0 aliphatic carbocycles. The van der Waals surface area contributed by atoms with Crippen LogP contribution in [0.25, 0.3) is 0 Å².